The zero-order valence-corrected chi connectivity index (χ0v) is 10.0. The quantitative estimate of drug-likeness (QED) is 0.838. The molecule has 0 unspecified atom stereocenters. The van der Waals surface area contributed by atoms with Gasteiger partial charge in [-0.05, 0) is 24.3 Å². The molecule has 0 saturated carbocycles. The highest BCUT2D eigenvalue weighted by Gasteiger charge is 2.13. The fourth-order valence-corrected chi connectivity index (χ4v) is 1.58. The lowest BCUT2D eigenvalue weighted by molar-refractivity contribution is 0.386. The molecule has 3 N–H and O–H groups in total. The van der Waals surface area contributed by atoms with Crippen LogP contribution in [-0.4, -0.2) is 7.11 Å². The third-order valence-corrected chi connectivity index (χ3v) is 2.55. The van der Waals surface area contributed by atoms with Gasteiger partial charge in [-0.15, -0.1) is 0 Å². The molecule has 0 aliphatic carbocycles. The summed E-state index contributed by atoms with van der Waals surface area (Å²) in [5.74, 6) is -2.72. The lowest BCUT2D eigenvalue weighted by Gasteiger charge is -2.11. The van der Waals surface area contributed by atoms with Crippen LogP contribution in [0.15, 0.2) is 30.3 Å². The van der Waals surface area contributed by atoms with Crippen molar-refractivity contribution in [2.45, 2.75) is 0 Å². The van der Waals surface area contributed by atoms with Crippen molar-refractivity contribution in [3.8, 4) is 5.75 Å². The summed E-state index contributed by atoms with van der Waals surface area (Å²) in [5.41, 5.74) is 5.57. The molecule has 0 aromatic heterocycles. The predicted molar refractivity (Wildman–Crippen MR) is 67.0 cm³/mol. The first-order chi connectivity index (χ1) is 9.02. The molecule has 19 heavy (non-hydrogen) atoms. The molecule has 0 heterocycles. The van der Waals surface area contributed by atoms with Gasteiger partial charge in [0.15, 0.2) is 23.2 Å². The first-order valence-electron chi connectivity index (χ1n) is 5.37. The van der Waals surface area contributed by atoms with Crippen molar-refractivity contribution in [1.82, 2.24) is 0 Å². The molecule has 0 aliphatic rings. The van der Waals surface area contributed by atoms with Crippen molar-refractivity contribution in [3.05, 3.63) is 47.8 Å². The van der Waals surface area contributed by atoms with Gasteiger partial charge in [-0.1, -0.05) is 0 Å². The largest absolute Gasteiger partial charge is 0.494 e. The molecule has 100 valence electrons. The number of hydrogen-bond donors (Lipinski definition) is 2. The topological polar surface area (TPSA) is 47.3 Å². The molecule has 0 aliphatic heterocycles. The van der Waals surface area contributed by atoms with E-state index in [-0.39, 0.29) is 22.8 Å². The lowest BCUT2D eigenvalue weighted by atomic mass is 10.2. The SMILES string of the molecule is COc1ccc(Nc2c(N)ccc(F)c2F)cc1F. The maximum absolute atomic E-state index is 13.6. The molecule has 0 atom stereocenters. The Hall–Kier alpha value is -2.37. The standard InChI is InChI=1S/C13H11F3N2O/c1-19-11-5-2-7(6-9(11)15)18-13-10(17)4-3-8(14)12(13)16/h2-6,18H,17H2,1H3. The third-order valence-electron chi connectivity index (χ3n) is 2.55. The van der Waals surface area contributed by atoms with E-state index >= 15 is 0 Å². The highest BCUT2D eigenvalue weighted by Crippen LogP contribution is 2.29. The number of hydrogen-bond acceptors (Lipinski definition) is 3. The van der Waals surface area contributed by atoms with Crippen LogP contribution in [0.25, 0.3) is 0 Å². The Kier molecular flexibility index (Phi) is 3.50. The van der Waals surface area contributed by atoms with Gasteiger partial charge < -0.3 is 15.8 Å². The molecular weight excluding hydrogens is 257 g/mol. The lowest BCUT2D eigenvalue weighted by Crippen LogP contribution is -2.02. The molecule has 6 heteroatoms. The van der Waals surface area contributed by atoms with E-state index in [0.29, 0.717) is 0 Å². The molecule has 0 radical (unpaired) electrons. The molecule has 2 aromatic carbocycles. The minimum atomic E-state index is -1.11. The Bertz CT molecular complexity index is 617. The highest BCUT2D eigenvalue weighted by atomic mass is 19.2. The van der Waals surface area contributed by atoms with Crippen molar-refractivity contribution in [1.29, 1.82) is 0 Å². The monoisotopic (exact) mass is 268 g/mol. The van der Waals surface area contributed by atoms with E-state index in [9.17, 15) is 13.2 Å². The van der Waals surface area contributed by atoms with Crippen molar-refractivity contribution in [3.63, 3.8) is 0 Å². The molecule has 2 aromatic rings. The average Bonchev–Trinajstić information content (AvgIpc) is 2.39. The molecular formula is C13H11F3N2O. The minimum Gasteiger partial charge on any atom is -0.494 e. The number of benzene rings is 2. The van der Waals surface area contributed by atoms with Crippen LogP contribution in [0.3, 0.4) is 0 Å². The van der Waals surface area contributed by atoms with Gasteiger partial charge in [0.05, 0.1) is 12.8 Å². The molecule has 0 fully saturated rings. The van der Waals surface area contributed by atoms with Gasteiger partial charge in [0, 0.05) is 11.8 Å². The average molecular weight is 268 g/mol. The van der Waals surface area contributed by atoms with Crippen LogP contribution in [0.2, 0.25) is 0 Å². The predicted octanol–water partition coefficient (Wildman–Crippen LogP) is 3.44. The second kappa shape index (κ2) is 5.09. The van der Waals surface area contributed by atoms with Gasteiger partial charge in [-0.3, -0.25) is 0 Å². The summed E-state index contributed by atoms with van der Waals surface area (Å²) in [7, 11) is 1.33. The van der Waals surface area contributed by atoms with Gasteiger partial charge >= 0.3 is 0 Å². The number of nitrogens with one attached hydrogen (secondary N) is 1. The molecule has 0 bridgehead atoms. The van der Waals surface area contributed by atoms with E-state index in [1.54, 1.807) is 0 Å². The number of nitrogen functional groups attached to an aromatic ring is 1. The molecule has 0 spiro atoms. The fourth-order valence-electron chi connectivity index (χ4n) is 1.58. The first kappa shape index (κ1) is 13.1. The van der Waals surface area contributed by atoms with E-state index < -0.39 is 17.5 Å². The minimum absolute atomic E-state index is 0.0233. The van der Waals surface area contributed by atoms with Crippen LogP contribution >= 0.6 is 0 Å². The molecule has 0 amide bonds. The Morgan fingerprint density at radius 1 is 1.05 bits per heavy atom. The van der Waals surface area contributed by atoms with Gasteiger partial charge in [0.25, 0.3) is 0 Å². The summed E-state index contributed by atoms with van der Waals surface area (Å²) in [6.07, 6.45) is 0. The van der Waals surface area contributed by atoms with Crippen molar-refractivity contribution >= 4 is 17.1 Å². The Morgan fingerprint density at radius 2 is 1.79 bits per heavy atom. The number of methoxy groups -OCH3 is 1. The van der Waals surface area contributed by atoms with Crippen molar-refractivity contribution < 1.29 is 17.9 Å². The van der Waals surface area contributed by atoms with Crippen molar-refractivity contribution in [2.75, 3.05) is 18.2 Å². The third kappa shape index (κ3) is 2.57. The van der Waals surface area contributed by atoms with Crippen LogP contribution in [0.4, 0.5) is 30.2 Å². The maximum atomic E-state index is 13.6. The van der Waals surface area contributed by atoms with E-state index in [1.165, 1.54) is 25.3 Å². The number of rotatable bonds is 3. The maximum Gasteiger partial charge on any atom is 0.184 e. The molecule has 0 saturated heterocycles. The van der Waals surface area contributed by atoms with Crippen LogP contribution < -0.4 is 15.8 Å². The van der Waals surface area contributed by atoms with Crippen LogP contribution in [0, 0.1) is 17.5 Å². The Labute approximate surface area is 107 Å². The number of ether oxygens (including phenoxy) is 1. The smallest absolute Gasteiger partial charge is 0.184 e. The molecule has 3 nitrogen and oxygen atoms in total. The van der Waals surface area contributed by atoms with Gasteiger partial charge in [-0.2, -0.15) is 0 Å². The van der Waals surface area contributed by atoms with Gasteiger partial charge in [-0.25, -0.2) is 13.2 Å². The zero-order valence-electron chi connectivity index (χ0n) is 10.0. The molecule has 2 rings (SSSR count). The Balaban J connectivity index is 2.36. The van der Waals surface area contributed by atoms with Crippen LogP contribution in [0.1, 0.15) is 0 Å². The zero-order chi connectivity index (χ0) is 14.0. The second-order valence-electron chi connectivity index (χ2n) is 3.80. The van der Waals surface area contributed by atoms with Crippen LogP contribution in [0.5, 0.6) is 5.75 Å². The fraction of sp³-hybridized carbons (Fsp3) is 0.0769. The first-order valence-corrected chi connectivity index (χ1v) is 5.37. The number of nitrogens with two attached hydrogens (primary N) is 1. The van der Waals surface area contributed by atoms with E-state index in [4.69, 9.17) is 10.5 Å². The normalized spacial score (nSPS) is 10.3. The summed E-state index contributed by atoms with van der Waals surface area (Å²) in [6.45, 7) is 0. The van der Waals surface area contributed by atoms with E-state index in [0.717, 1.165) is 12.1 Å². The van der Waals surface area contributed by atoms with Gasteiger partial charge in [0.2, 0.25) is 0 Å². The number of halogens is 3. The Morgan fingerprint density at radius 3 is 2.42 bits per heavy atom. The van der Waals surface area contributed by atoms with Crippen LogP contribution in [-0.2, 0) is 0 Å². The highest BCUT2D eigenvalue weighted by molar-refractivity contribution is 5.73. The summed E-state index contributed by atoms with van der Waals surface area (Å²) in [6, 6.07) is 6.07. The van der Waals surface area contributed by atoms with Gasteiger partial charge in [0.1, 0.15) is 5.69 Å². The summed E-state index contributed by atoms with van der Waals surface area (Å²) in [5, 5.41) is 2.54. The van der Waals surface area contributed by atoms with E-state index in [2.05, 4.69) is 5.32 Å². The van der Waals surface area contributed by atoms with Crippen molar-refractivity contribution in [2.24, 2.45) is 0 Å². The summed E-state index contributed by atoms with van der Waals surface area (Å²) >= 11 is 0. The summed E-state index contributed by atoms with van der Waals surface area (Å²) < 4.78 is 44.9. The second-order valence-corrected chi connectivity index (χ2v) is 3.80. The van der Waals surface area contributed by atoms with E-state index in [1.807, 2.05) is 0 Å². The number of anilines is 3. The summed E-state index contributed by atoms with van der Waals surface area (Å²) in [4.78, 5) is 0.